The van der Waals surface area contributed by atoms with Crippen molar-refractivity contribution in [2.45, 2.75) is 44.3 Å². The molecule has 1 amide bonds. The number of aliphatic hydroxyl groups is 1. The van der Waals surface area contributed by atoms with Gasteiger partial charge in [-0.3, -0.25) is 4.79 Å². The molecular formula is C15H21NO3Si. The van der Waals surface area contributed by atoms with Crippen LogP contribution in [0.2, 0.25) is 19.6 Å². The van der Waals surface area contributed by atoms with Crippen molar-refractivity contribution in [1.82, 2.24) is 4.90 Å². The van der Waals surface area contributed by atoms with Crippen LogP contribution in [0.3, 0.4) is 0 Å². The third kappa shape index (κ3) is 1.63. The van der Waals surface area contributed by atoms with E-state index in [1.807, 2.05) is 24.3 Å². The van der Waals surface area contributed by atoms with Crippen molar-refractivity contribution in [3.05, 3.63) is 35.4 Å². The molecule has 5 heteroatoms. The van der Waals surface area contributed by atoms with Gasteiger partial charge in [0.25, 0.3) is 5.91 Å². The fourth-order valence-electron chi connectivity index (χ4n) is 3.40. The van der Waals surface area contributed by atoms with Crippen molar-refractivity contribution in [1.29, 1.82) is 0 Å². The molecule has 3 rings (SSSR count). The third-order valence-electron chi connectivity index (χ3n) is 4.15. The quantitative estimate of drug-likeness (QED) is 0.851. The molecule has 0 aliphatic carbocycles. The molecule has 1 aromatic carbocycles. The van der Waals surface area contributed by atoms with Gasteiger partial charge in [0.15, 0.2) is 14.0 Å². The van der Waals surface area contributed by atoms with Gasteiger partial charge in [-0.05, 0) is 39.1 Å². The maximum atomic E-state index is 12.6. The summed E-state index contributed by atoms with van der Waals surface area (Å²) in [6, 6.07) is 7.49. The third-order valence-corrected chi connectivity index (χ3v) is 5.06. The topological polar surface area (TPSA) is 49.8 Å². The standard InChI is InChI=1S/C15H21NO3Si/c1-14(18)9-10-16-13(17)11-7-5-6-8-12(11)15(14,16)19-20(2,3)4/h5-8,18H,9-10H2,1-4H3/t14-,15+/m1/s1. The van der Waals surface area contributed by atoms with Gasteiger partial charge in [0.2, 0.25) is 0 Å². The van der Waals surface area contributed by atoms with Crippen molar-refractivity contribution in [3.8, 4) is 0 Å². The smallest absolute Gasteiger partial charge is 0.256 e. The zero-order valence-corrected chi connectivity index (χ0v) is 13.4. The van der Waals surface area contributed by atoms with Gasteiger partial charge in [-0.2, -0.15) is 0 Å². The van der Waals surface area contributed by atoms with E-state index in [0.717, 1.165) is 5.56 Å². The van der Waals surface area contributed by atoms with Crippen LogP contribution >= 0.6 is 0 Å². The van der Waals surface area contributed by atoms with Gasteiger partial charge in [0, 0.05) is 17.7 Å². The van der Waals surface area contributed by atoms with E-state index in [4.69, 9.17) is 4.43 Å². The lowest BCUT2D eigenvalue weighted by Crippen LogP contribution is -2.57. The highest BCUT2D eigenvalue weighted by Crippen LogP contribution is 2.53. The minimum absolute atomic E-state index is 0.0309. The van der Waals surface area contributed by atoms with Crippen molar-refractivity contribution >= 4 is 14.2 Å². The molecule has 1 saturated heterocycles. The number of benzene rings is 1. The Hall–Kier alpha value is -1.17. The zero-order valence-electron chi connectivity index (χ0n) is 12.4. The summed E-state index contributed by atoms with van der Waals surface area (Å²) in [5, 5.41) is 10.9. The maximum absolute atomic E-state index is 12.6. The van der Waals surface area contributed by atoms with Crippen molar-refractivity contribution in [2.24, 2.45) is 0 Å². The molecule has 2 heterocycles. The Morgan fingerprint density at radius 1 is 1.30 bits per heavy atom. The van der Waals surface area contributed by atoms with E-state index < -0.39 is 19.6 Å². The molecule has 0 unspecified atom stereocenters. The van der Waals surface area contributed by atoms with E-state index in [9.17, 15) is 9.90 Å². The van der Waals surface area contributed by atoms with Crippen LogP contribution in [-0.4, -0.2) is 36.4 Å². The Morgan fingerprint density at radius 3 is 2.60 bits per heavy atom. The molecule has 0 spiro atoms. The van der Waals surface area contributed by atoms with Crippen molar-refractivity contribution in [2.75, 3.05) is 6.54 Å². The Morgan fingerprint density at radius 2 is 1.95 bits per heavy atom. The summed E-state index contributed by atoms with van der Waals surface area (Å²) >= 11 is 0. The molecular weight excluding hydrogens is 270 g/mol. The van der Waals surface area contributed by atoms with Gasteiger partial charge in [-0.1, -0.05) is 18.2 Å². The lowest BCUT2D eigenvalue weighted by molar-refractivity contribution is -0.162. The predicted molar refractivity (Wildman–Crippen MR) is 78.8 cm³/mol. The number of fused-ring (bicyclic) bond motifs is 3. The van der Waals surface area contributed by atoms with Crippen LogP contribution in [0.1, 0.15) is 29.3 Å². The van der Waals surface area contributed by atoms with Crippen LogP contribution < -0.4 is 0 Å². The van der Waals surface area contributed by atoms with Gasteiger partial charge >= 0.3 is 0 Å². The second-order valence-electron chi connectivity index (χ2n) is 6.88. The van der Waals surface area contributed by atoms with Gasteiger partial charge < -0.3 is 14.4 Å². The first-order valence-electron chi connectivity index (χ1n) is 7.03. The number of rotatable bonds is 2. The van der Waals surface area contributed by atoms with E-state index >= 15 is 0 Å². The molecule has 0 bridgehead atoms. The second-order valence-corrected chi connectivity index (χ2v) is 11.3. The fourth-order valence-corrected chi connectivity index (χ4v) is 4.73. The molecule has 108 valence electrons. The van der Waals surface area contributed by atoms with E-state index in [1.54, 1.807) is 11.8 Å². The van der Waals surface area contributed by atoms with E-state index in [2.05, 4.69) is 19.6 Å². The molecule has 20 heavy (non-hydrogen) atoms. The van der Waals surface area contributed by atoms with Gasteiger partial charge in [-0.15, -0.1) is 0 Å². The first-order valence-corrected chi connectivity index (χ1v) is 10.4. The average molecular weight is 291 g/mol. The Kier molecular flexibility index (Phi) is 2.71. The Labute approximate surface area is 120 Å². The van der Waals surface area contributed by atoms with E-state index in [-0.39, 0.29) is 5.91 Å². The van der Waals surface area contributed by atoms with Crippen LogP contribution in [-0.2, 0) is 10.2 Å². The molecule has 0 aromatic heterocycles. The first kappa shape index (κ1) is 13.8. The van der Waals surface area contributed by atoms with Crippen molar-refractivity contribution < 1.29 is 14.3 Å². The molecule has 0 radical (unpaired) electrons. The monoisotopic (exact) mass is 291 g/mol. The van der Waals surface area contributed by atoms with Crippen LogP contribution in [0.4, 0.5) is 0 Å². The summed E-state index contributed by atoms with van der Waals surface area (Å²) in [5.41, 5.74) is -0.596. The highest BCUT2D eigenvalue weighted by Gasteiger charge is 2.65. The van der Waals surface area contributed by atoms with Gasteiger partial charge in [0.1, 0.15) is 5.60 Å². The summed E-state index contributed by atoms with van der Waals surface area (Å²) in [7, 11) is -1.96. The van der Waals surface area contributed by atoms with E-state index in [0.29, 0.717) is 18.5 Å². The summed E-state index contributed by atoms with van der Waals surface area (Å²) in [5.74, 6) is -0.0309. The SMILES string of the molecule is C[C@@]1(O)CCN2C(=O)c3ccccc3[C@@]21O[Si](C)(C)C. The molecule has 0 saturated carbocycles. The lowest BCUT2D eigenvalue weighted by atomic mass is 9.87. The van der Waals surface area contributed by atoms with Crippen LogP contribution in [0.5, 0.6) is 0 Å². The summed E-state index contributed by atoms with van der Waals surface area (Å²) in [4.78, 5) is 14.3. The average Bonchev–Trinajstić information content (AvgIpc) is 2.72. The van der Waals surface area contributed by atoms with Gasteiger partial charge in [0.05, 0.1) is 0 Å². The molecule has 2 aliphatic heterocycles. The normalized spacial score (nSPS) is 32.5. The highest BCUT2D eigenvalue weighted by atomic mass is 28.4. The number of hydrogen-bond acceptors (Lipinski definition) is 3. The summed E-state index contributed by atoms with van der Waals surface area (Å²) in [6.07, 6.45) is 0.539. The number of amides is 1. The Bertz CT molecular complexity index is 579. The molecule has 4 nitrogen and oxygen atoms in total. The first-order chi connectivity index (χ1) is 9.19. The number of carbonyl (C=O) groups is 1. The zero-order chi connectivity index (χ0) is 14.8. The molecule has 2 atom stereocenters. The Balaban J connectivity index is 2.25. The van der Waals surface area contributed by atoms with Crippen LogP contribution in [0.25, 0.3) is 0 Å². The largest absolute Gasteiger partial charge is 0.390 e. The highest BCUT2D eigenvalue weighted by molar-refractivity contribution is 6.69. The second kappa shape index (κ2) is 3.93. The summed E-state index contributed by atoms with van der Waals surface area (Å²) < 4.78 is 6.42. The molecule has 1 N–H and O–H groups in total. The van der Waals surface area contributed by atoms with Crippen molar-refractivity contribution in [3.63, 3.8) is 0 Å². The fraction of sp³-hybridized carbons (Fsp3) is 0.533. The maximum Gasteiger partial charge on any atom is 0.256 e. The van der Waals surface area contributed by atoms with Gasteiger partial charge in [-0.25, -0.2) is 0 Å². The predicted octanol–water partition coefficient (Wildman–Crippen LogP) is 2.30. The number of nitrogens with zero attached hydrogens (tertiary/aromatic N) is 1. The number of hydrogen-bond donors (Lipinski definition) is 1. The van der Waals surface area contributed by atoms with Crippen LogP contribution in [0, 0.1) is 0 Å². The lowest BCUT2D eigenvalue weighted by Gasteiger charge is -2.45. The molecule has 1 fully saturated rings. The van der Waals surface area contributed by atoms with Crippen LogP contribution in [0.15, 0.2) is 24.3 Å². The minimum Gasteiger partial charge on any atom is -0.390 e. The summed E-state index contributed by atoms with van der Waals surface area (Å²) in [6.45, 7) is 8.56. The minimum atomic E-state index is -1.96. The van der Waals surface area contributed by atoms with E-state index in [1.165, 1.54) is 0 Å². The number of carbonyl (C=O) groups excluding carboxylic acids is 1. The molecule has 2 aliphatic rings. The molecule has 1 aromatic rings.